The van der Waals surface area contributed by atoms with Crippen LogP contribution in [-0.2, 0) is 26.7 Å². The van der Waals surface area contributed by atoms with Crippen LogP contribution in [0.15, 0.2) is 91.5 Å². The molecule has 1 amide bonds. The number of rotatable bonds is 21. The van der Waals surface area contributed by atoms with Gasteiger partial charge in [-0.25, -0.2) is 4.68 Å². The van der Waals surface area contributed by atoms with Crippen molar-refractivity contribution in [2.75, 3.05) is 5.32 Å². The van der Waals surface area contributed by atoms with Gasteiger partial charge in [-0.05, 0) is 60.9 Å². The van der Waals surface area contributed by atoms with Crippen LogP contribution in [0.2, 0.25) is 0 Å². The number of aromatic nitrogens is 2. The van der Waals surface area contributed by atoms with Crippen molar-refractivity contribution in [1.29, 1.82) is 0 Å². The van der Waals surface area contributed by atoms with Gasteiger partial charge in [0.25, 0.3) is 26.1 Å². The predicted molar refractivity (Wildman–Crippen MR) is 216 cm³/mol. The predicted octanol–water partition coefficient (Wildman–Crippen LogP) is 7.37. The number of aryl methyl sites for hydroxylation is 1. The molecule has 0 spiro atoms. The van der Waals surface area contributed by atoms with Crippen molar-refractivity contribution in [3.63, 3.8) is 0 Å². The average molecular weight is 850 g/mol. The van der Waals surface area contributed by atoms with Crippen molar-refractivity contribution >= 4 is 146 Å². The molecule has 55 heavy (non-hydrogen) atoms. The van der Waals surface area contributed by atoms with E-state index in [2.05, 4.69) is 27.6 Å². The van der Waals surface area contributed by atoms with Crippen LogP contribution in [0.3, 0.4) is 0 Å². The normalized spacial score (nSPS) is 11.6. The molecule has 0 bridgehead atoms. The molecule has 5 N–H and O–H groups in total. The number of aromatic hydroxyl groups is 1. The fraction of sp³-hybridized carbons (Fsp3) is 0.405. The fourth-order valence-corrected chi connectivity index (χ4v) is 6.99. The molecule has 0 aliphatic heterocycles. The van der Waals surface area contributed by atoms with Gasteiger partial charge in [-0.15, -0.1) is 10.2 Å². The number of carbonyl (C=O) groups excluding carboxylic acids is 1. The molecule has 0 saturated heterocycles. The van der Waals surface area contributed by atoms with Gasteiger partial charge in [0.2, 0.25) is 0 Å². The van der Waals surface area contributed by atoms with Crippen LogP contribution in [0.1, 0.15) is 106 Å². The molecule has 0 fully saturated rings. The summed E-state index contributed by atoms with van der Waals surface area (Å²) in [4.78, 5) is 24.8. The summed E-state index contributed by atoms with van der Waals surface area (Å²) in [6, 6.07) is 15.1. The van der Waals surface area contributed by atoms with Gasteiger partial charge in [0.05, 0.1) is 15.5 Å². The van der Waals surface area contributed by atoms with E-state index in [0.717, 1.165) is 29.5 Å². The standard InChI is InChI=1S/C37H47N5O9S2.2K.2H/c1-2-3-4-5-6-7-8-9-10-11-12-13-15-18-27-21-22-32(33(43)23-27)39-40-34-35(41-42(37(34)45)29-19-16-14-17-20-29)38-36(44)28-24-30(52(46,47)48)26-31(25-28)53(49,50)51;;;;/h14,16-17,19-26,41,43H,2-13,15,18H2,1H3,(H,38,44)(H,46,47,48)(H,49,50,51);;;;/b40-39+;;;;. The molecule has 1 aromatic heterocycles. The molecule has 18 heteroatoms. The number of H-pyrrole nitrogens is 1. The Balaban J connectivity index is 0.00000523. The quantitative estimate of drug-likeness (QED) is 0.0244. The summed E-state index contributed by atoms with van der Waals surface area (Å²) in [7, 11) is -10.00. The number of nitrogens with zero attached hydrogens (tertiary/aromatic N) is 3. The number of azo groups is 1. The molecule has 0 radical (unpaired) electrons. The molecule has 0 aliphatic carbocycles. The Kier molecular flexibility index (Phi) is 22.2. The first kappa shape index (κ1) is 49.8. The summed E-state index contributed by atoms with van der Waals surface area (Å²) in [5.74, 6) is -1.60. The number of nitrogens with one attached hydrogen (secondary N) is 2. The third kappa shape index (κ3) is 16.1. The van der Waals surface area contributed by atoms with E-state index >= 15 is 0 Å². The summed E-state index contributed by atoms with van der Waals surface area (Å²) >= 11 is 0. The van der Waals surface area contributed by atoms with Crippen molar-refractivity contribution in [2.45, 2.75) is 107 Å². The number of amides is 1. The van der Waals surface area contributed by atoms with Crippen LogP contribution in [0.5, 0.6) is 5.75 Å². The number of hydrogen-bond acceptors (Lipinski definition) is 9. The third-order valence-electron chi connectivity index (χ3n) is 8.72. The number of phenols is 1. The molecule has 0 aliphatic rings. The van der Waals surface area contributed by atoms with E-state index in [0.29, 0.717) is 23.9 Å². The third-order valence-corrected chi connectivity index (χ3v) is 10.4. The molecule has 290 valence electrons. The first-order chi connectivity index (χ1) is 25.3. The van der Waals surface area contributed by atoms with Crippen molar-refractivity contribution in [3.8, 4) is 11.4 Å². The Labute approximate surface area is 407 Å². The molecule has 0 saturated carbocycles. The van der Waals surface area contributed by atoms with Gasteiger partial charge in [-0.3, -0.25) is 23.8 Å². The zero-order valence-corrected chi connectivity index (χ0v) is 31.3. The van der Waals surface area contributed by atoms with Gasteiger partial charge >= 0.3 is 108 Å². The summed E-state index contributed by atoms with van der Waals surface area (Å²) < 4.78 is 67.1. The first-order valence-corrected chi connectivity index (χ1v) is 20.7. The number of para-hydroxylation sites is 1. The van der Waals surface area contributed by atoms with Crippen molar-refractivity contribution < 1.29 is 35.8 Å². The van der Waals surface area contributed by atoms with Gasteiger partial charge in [-0.1, -0.05) is 108 Å². The number of benzene rings is 3. The topological polar surface area (TPSA) is 221 Å². The zero-order valence-electron chi connectivity index (χ0n) is 29.7. The Morgan fingerprint density at radius 3 is 1.76 bits per heavy atom. The van der Waals surface area contributed by atoms with Gasteiger partial charge in [0.15, 0.2) is 11.5 Å². The SMILES string of the molecule is CCCCCCCCCCCCCCCc1ccc(/N=N/c2c(NC(=O)c3cc(S(=O)(=O)O)cc(S(=O)(=O)O)c3)[nH]n(-c3ccccc3)c2=O)c(O)c1.[KH].[KH]. The second-order valence-corrected chi connectivity index (χ2v) is 15.8. The van der Waals surface area contributed by atoms with Crippen LogP contribution < -0.4 is 10.9 Å². The Morgan fingerprint density at radius 2 is 1.25 bits per heavy atom. The Morgan fingerprint density at radius 1 is 0.727 bits per heavy atom. The number of carbonyl (C=O) groups is 1. The molecule has 14 nitrogen and oxygen atoms in total. The molecule has 4 rings (SSSR count). The van der Waals surface area contributed by atoms with Crippen LogP contribution >= 0.6 is 0 Å². The molecule has 3 aromatic carbocycles. The zero-order chi connectivity index (χ0) is 38.4. The van der Waals surface area contributed by atoms with Crippen LogP contribution in [0.4, 0.5) is 17.2 Å². The van der Waals surface area contributed by atoms with Crippen molar-refractivity contribution in [3.05, 3.63) is 88.2 Å². The van der Waals surface area contributed by atoms with Gasteiger partial charge in [-0.2, -0.15) is 16.8 Å². The second kappa shape index (κ2) is 24.5. The number of aromatic amines is 1. The maximum absolute atomic E-state index is 13.5. The number of phenolic OH excluding ortho intramolecular Hbond substituents is 1. The van der Waals surface area contributed by atoms with E-state index < -0.39 is 52.7 Å². The van der Waals surface area contributed by atoms with E-state index in [9.17, 15) is 40.6 Å². The minimum absolute atomic E-state index is 0. The van der Waals surface area contributed by atoms with E-state index in [1.807, 2.05) is 6.07 Å². The van der Waals surface area contributed by atoms with Crippen LogP contribution in [-0.4, -0.2) is 150 Å². The number of unbranched alkanes of at least 4 members (excludes halogenated alkanes) is 12. The molecule has 4 aromatic rings. The van der Waals surface area contributed by atoms with E-state index in [-0.39, 0.29) is 120 Å². The monoisotopic (exact) mass is 849 g/mol. The molecule has 0 unspecified atom stereocenters. The van der Waals surface area contributed by atoms with E-state index in [4.69, 9.17) is 0 Å². The summed E-state index contributed by atoms with van der Waals surface area (Å²) in [6.07, 6.45) is 17.1. The van der Waals surface area contributed by atoms with Gasteiger partial charge in [0, 0.05) is 5.56 Å². The van der Waals surface area contributed by atoms with Crippen LogP contribution in [0.25, 0.3) is 5.69 Å². The maximum atomic E-state index is 13.5. The number of hydrogen-bond donors (Lipinski definition) is 5. The van der Waals surface area contributed by atoms with E-state index in [1.54, 1.807) is 42.5 Å². The second-order valence-electron chi connectivity index (χ2n) is 12.9. The summed E-state index contributed by atoms with van der Waals surface area (Å²) in [6.45, 7) is 2.24. The summed E-state index contributed by atoms with van der Waals surface area (Å²) in [5, 5.41) is 23.8. The molecule has 0 atom stereocenters. The van der Waals surface area contributed by atoms with Crippen LogP contribution in [0, 0.1) is 0 Å². The van der Waals surface area contributed by atoms with E-state index in [1.165, 1.54) is 70.6 Å². The Bertz CT molecular complexity index is 2110. The fourth-order valence-electron chi connectivity index (χ4n) is 5.81. The minimum atomic E-state index is -5.00. The molecular formula is C37H49K2N5O9S2. The molecular weight excluding hydrogens is 801 g/mol. The van der Waals surface area contributed by atoms with Gasteiger partial charge in [0.1, 0.15) is 11.4 Å². The average Bonchev–Trinajstić information content (AvgIpc) is 3.43. The Hall–Kier alpha value is -1.37. The number of anilines is 1. The summed E-state index contributed by atoms with van der Waals surface area (Å²) in [5.41, 5.74) is -0.418. The molecule has 1 heterocycles. The van der Waals surface area contributed by atoms with Crippen molar-refractivity contribution in [2.24, 2.45) is 10.2 Å². The van der Waals surface area contributed by atoms with Crippen molar-refractivity contribution in [1.82, 2.24) is 9.78 Å². The first-order valence-electron chi connectivity index (χ1n) is 17.8. The van der Waals surface area contributed by atoms with Gasteiger partial charge < -0.3 is 10.4 Å².